The number of ether oxygens (including phenoxy) is 1. The summed E-state index contributed by atoms with van der Waals surface area (Å²) in [5.74, 6) is 0.0980. The van der Waals surface area contributed by atoms with Gasteiger partial charge in [0.05, 0.1) is 13.2 Å². The molecule has 6 nitrogen and oxygen atoms in total. The molecule has 4 N–H and O–H groups in total. The number of amides is 1. The molecule has 21 heavy (non-hydrogen) atoms. The van der Waals surface area contributed by atoms with E-state index in [1.165, 1.54) is 18.2 Å². The van der Waals surface area contributed by atoms with E-state index in [2.05, 4.69) is 10.6 Å². The van der Waals surface area contributed by atoms with Crippen LogP contribution in [-0.4, -0.2) is 41.6 Å². The number of halogens is 1. The predicted molar refractivity (Wildman–Crippen MR) is 75.9 cm³/mol. The van der Waals surface area contributed by atoms with Crippen molar-refractivity contribution in [2.24, 2.45) is 0 Å². The van der Waals surface area contributed by atoms with Crippen LogP contribution < -0.4 is 15.4 Å². The Morgan fingerprint density at radius 1 is 1.43 bits per heavy atom. The van der Waals surface area contributed by atoms with Crippen LogP contribution in [0.15, 0.2) is 18.2 Å². The first-order valence-electron chi connectivity index (χ1n) is 6.68. The molecule has 0 aliphatic heterocycles. The van der Waals surface area contributed by atoms with Crippen LogP contribution in [0, 0.1) is 5.82 Å². The van der Waals surface area contributed by atoms with Crippen LogP contribution in [0.5, 0.6) is 5.75 Å². The van der Waals surface area contributed by atoms with Gasteiger partial charge in [0.1, 0.15) is 17.7 Å². The normalized spacial score (nSPS) is 13.5. The van der Waals surface area contributed by atoms with Gasteiger partial charge in [0.15, 0.2) is 0 Å². The van der Waals surface area contributed by atoms with Crippen molar-refractivity contribution < 1.29 is 24.1 Å². The highest BCUT2D eigenvalue weighted by atomic mass is 19.1. The predicted octanol–water partition coefficient (Wildman–Crippen LogP) is 1.33. The summed E-state index contributed by atoms with van der Waals surface area (Å²) in [5, 5.41) is 22.8. The number of aliphatic hydroxyl groups excluding tert-OH is 1. The van der Waals surface area contributed by atoms with Crippen molar-refractivity contribution in [2.75, 3.05) is 13.2 Å². The fourth-order valence-electron chi connectivity index (χ4n) is 1.64. The fraction of sp³-hybridized carbons (Fsp3) is 0.500. The Bertz CT molecular complexity index is 470. The number of benzene rings is 1. The van der Waals surface area contributed by atoms with Crippen molar-refractivity contribution in [3.63, 3.8) is 0 Å². The Hall–Kier alpha value is -1.86. The van der Waals surface area contributed by atoms with E-state index >= 15 is 0 Å². The number of nitrogens with one attached hydrogen (secondary N) is 2. The zero-order chi connectivity index (χ0) is 15.8. The van der Waals surface area contributed by atoms with Gasteiger partial charge in [-0.1, -0.05) is 0 Å². The first kappa shape index (κ1) is 17.2. The van der Waals surface area contributed by atoms with Gasteiger partial charge in [-0.05, 0) is 32.0 Å². The molecule has 7 heteroatoms. The molecular formula is C14H21FN2O4. The number of carboxylic acid groups (broad SMARTS) is 1. The minimum Gasteiger partial charge on any atom is -0.489 e. The summed E-state index contributed by atoms with van der Waals surface area (Å²) in [5.41, 5.74) is 0.609. The summed E-state index contributed by atoms with van der Waals surface area (Å²) in [4.78, 5) is 10.4. The quantitative estimate of drug-likeness (QED) is 0.581. The Balaban J connectivity index is 2.69. The average Bonchev–Trinajstić information content (AvgIpc) is 2.44. The highest BCUT2D eigenvalue weighted by Crippen LogP contribution is 2.21. The molecule has 0 saturated carbocycles. The summed E-state index contributed by atoms with van der Waals surface area (Å²) >= 11 is 0. The highest BCUT2D eigenvalue weighted by molar-refractivity contribution is 5.64. The third-order valence-corrected chi connectivity index (χ3v) is 2.81. The summed E-state index contributed by atoms with van der Waals surface area (Å²) in [6.45, 7) is 3.97. The summed E-state index contributed by atoms with van der Waals surface area (Å²) in [7, 11) is 0. The molecule has 0 aliphatic carbocycles. The first-order chi connectivity index (χ1) is 9.92. The van der Waals surface area contributed by atoms with Gasteiger partial charge in [-0.25, -0.2) is 9.18 Å². The average molecular weight is 300 g/mol. The summed E-state index contributed by atoms with van der Waals surface area (Å²) in [6.07, 6.45) is -1.51. The largest absolute Gasteiger partial charge is 0.489 e. The Morgan fingerprint density at radius 2 is 2.14 bits per heavy atom. The second-order valence-electron chi connectivity index (χ2n) is 4.83. The molecular weight excluding hydrogens is 279 g/mol. The van der Waals surface area contributed by atoms with Crippen LogP contribution in [-0.2, 0) is 6.54 Å². The van der Waals surface area contributed by atoms with Gasteiger partial charge in [0, 0.05) is 18.2 Å². The van der Waals surface area contributed by atoms with E-state index in [0.29, 0.717) is 17.9 Å². The van der Waals surface area contributed by atoms with Crippen molar-refractivity contribution in [1.29, 1.82) is 0 Å². The standard InChI is InChI=1S/C14H21FN2O4/c1-9(8-18)16-7-11-5-12(15)3-4-13(11)21-10(2)6-17-14(19)20/h3-5,9-10,16-18H,6-8H2,1-2H3,(H,19,20). The third-order valence-electron chi connectivity index (χ3n) is 2.81. The van der Waals surface area contributed by atoms with E-state index in [4.69, 9.17) is 14.9 Å². The Morgan fingerprint density at radius 3 is 2.76 bits per heavy atom. The molecule has 0 aromatic heterocycles. The molecule has 1 rings (SSSR count). The molecule has 0 spiro atoms. The molecule has 0 saturated heterocycles. The van der Waals surface area contributed by atoms with Crippen molar-refractivity contribution in [2.45, 2.75) is 32.5 Å². The van der Waals surface area contributed by atoms with Crippen molar-refractivity contribution >= 4 is 6.09 Å². The summed E-state index contributed by atoms with van der Waals surface area (Å²) < 4.78 is 18.9. The van der Waals surface area contributed by atoms with Crippen molar-refractivity contribution in [3.05, 3.63) is 29.6 Å². The lowest BCUT2D eigenvalue weighted by Gasteiger charge is -2.18. The molecule has 2 unspecified atom stereocenters. The van der Waals surface area contributed by atoms with Crippen LogP contribution >= 0.6 is 0 Å². The molecule has 0 heterocycles. The zero-order valence-electron chi connectivity index (χ0n) is 12.1. The van der Waals surface area contributed by atoms with E-state index in [1.54, 1.807) is 13.8 Å². The molecule has 0 aliphatic rings. The minimum absolute atomic E-state index is 0.0234. The van der Waals surface area contributed by atoms with Crippen LogP contribution in [0.25, 0.3) is 0 Å². The fourth-order valence-corrected chi connectivity index (χ4v) is 1.64. The second-order valence-corrected chi connectivity index (χ2v) is 4.83. The van der Waals surface area contributed by atoms with Crippen LogP contribution in [0.1, 0.15) is 19.4 Å². The topological polar surface area (TPSA) is 90.8 Å². The number of carbonyl (C=O) groups is 1. The first-order valence-corrected chi connectivity index (χ1v) is 6.68. The maximum atomic E-state index is 13.3. The van der Waals surface area contributed by atoms with Crippen molar-refractivity contribution in [3.8, 4) is 5.75 Å². The number of hydrogen-bond acceptors (Lipinski definition) is 4. The van der Waals surface area contributed by atoms with E-state index in [1.807, 2.05) is 0 Å². The lowest BCUT2D eigenvalue weighted by molar-refractivity contribution is 0.178. The van der Waals surface area contributed by atoms with E-state index in [0.717, 1.165) is 0 Å². The molecule has 1 aromatic rings. The van der Waals surface area contributed by atoms with Crippen LogP contribution in [0.3, 0.4) is 0 Å². The molecule has 1 amide bonds. The minimum atomic E-state index is -1.12. The van der Waals surface area contributed by atoms with Gasteiger partial charge in [-0.3, -0.25) is 0 Å². The smallest absolute Gasteiger partial charge is 0.404 e. The number of rotatable bonds is 8. The Kier molecular flexibility index (Phi) is 6.90. The maximum absolute atomic E-state index is 13.3. The highest BCUT2D eigenvalue weighted by Gasteiger charge is 2.11. The zero-order valence-corrected chi connectivity index (χ0v) is 12.1. The van der Waals surface area contributed by atoms with Gasteiger partial charge in [0.2, 0.25) is 0 Å². The number of aliphatic hydroxyl groups is 1. The lowest BCUT2D eigenvalue weighted by Crippen LogP contribution is -2.33. The van der Waals surface area contributed by atoms with Gasteiger partial charge in [-0.2, -0.15) is 0 Å². The molecule has 0 bridgehead atoms. The summed E-state index contributed by atoms with van der Waals surface area (Å²) in [6, 6.07) is 4.02. The molecule has 118 valence electrons. The van der Waals surface area contributed by atoms with Gasteiger partial charge in [0.25, 0.3) is 0 Å². The molecule has 0 fully saturated rings. The third kappa shape index (κ3) is 6.42. The van der Waals surface area contributed by atoms with Gasteiger partial charge in [-0.15, -0.1) is 0 Å². The number of hydrogen-bond donors (Lipinski definition) is 4. The lowest BCUT2D eigenvalue weighted by atomic mass is 10.1. The molecule has 0 radical (unpaired) electrons. The van der Waals surface area contributed by atoms with E-state index < -0.39 is 6.09 Å². The SMILES string of the molecule is CC(CO)NCc1cc(F)ccc1OC(C)CNC(=O)O. The second kappa shape index (κ2) is 8.43. The van der Waals surface area contributed by atoms with E-state index in [9.17, 15) is 9.18 Å². The van der Waals surface area contributed by atoms with Crippen LogP contribution in [0.4, 0.5) is 9.18 Å². The monoisotopic (exact) mass is 300 g/mol. The van der Waals surface area contributed by atoms with Gasteiger partial charge < -0.3 is 25.6 Å². The molecule has 2 atom stereocenters. The Labute approximate surface area is 122 Å². The van der Waals surface area contributed by atoms with Crippen molar-refractivity contribution in [1.82, 2.24) is 10.6 Å². The van der Waals surface area contributed by atoms with Gasteiger partial charge >= 0.3 is 6.09 Å². The maximum Gasteiger partial charge on any atom is 0.404 e. The van der Waals surface area contributed by atoms with Crippen LogP contribution in [0.2, 0.25) is 0 Å². The molecule has 1 aromatic carbocycles. The van der Waals surface area contributed by atoms with E-state index in [-0.39, 0.29) is 31.1 Å².